The Bertz CT molecular complexity index is 558. The minimum Gasteiger partial charge on any atom is -0.491 e. The van der Waals surface area contributed by atoms with Crippen molar-refractivity contribution in [3.63, 3.8) is 0 Å². The highest BCUT2D eigenvalue weighted by Crippen LogP contribution is 2.22. The van der Waals surface area contributed by atoms with Crippen LogP contribution in [0.5, 0.6) is 5.75 Å². The van der Waals surface area contributed by atoms with E-state index in [1.807, 2.05) is 12.1 Å². The van der Waals surface area contributed by atoms with Crippen LogP contribution < -0.4 is 10.1 Å². The maximum Gasteiger partial charge on any atom is 0.223 e. The summed E-state index contributed by atoms with van der Waals surface area (Å²) in [4.78, 5) is 18.8. The van der Waals surface area contributed by atoms with E-state index in [2.05, 4.69) is 15.3 Å². The third kappa shape index (κ3) is 5.47. The molecule has 0 saturated carbocycles. The first-order chi connectivity index (χ1) is 10.3. The molecule has 0 saturated heterocycles. The summed E-state index contributed by atoms with van der Waals surface area (Å²) in [6, 6.07) is 7.21. The van der Waals surface area contributed by atoms with Crippen LogP contribution >= 0.6 is 11.6 Å². The predicted octanol–water partition coefficient (Wildman–Crippen LogP) is 2.58. The number of aromatic nitrogens is 2. The molecule has 1 amide bonds. The van der Waals surface area contributed by atoms with Crippen LogP contribution in [0.1, 0.15) is 18.7 Å². The van der Waals surface area contributed by atoms with Gasteiger partial charge in [-0.05, 0) is 18.6 Å². The van der Waals surface area contributed by atoms with Gasteiger partial charge >= 0.3 is 0 Å². The first-order valence-corrected chi connectivity index (χ1v) is 7.26. The summed E-state index contributed by atoms with van der Waals surface area (Å²) >= 11 is 5.96. The summed E-state index contributed by atoms with van der Waals surface area (Å²) in [5.74, 6) is 1.51. The smallest absolute Gasteiger partial charge is 0.223 e. The molecule has 5 nitrogen and oxygen atoms in total. The van der Waals surface area contributed by atoms with Crippen LogP contribution in [0.4, 0.5) is 0 Å². The Labute approximate surface area is 128 Å². The normalized spacial score (nSPS) is 10.3. The number of ether oxygens (including phenoxy) is 1. The van der Waals surface area contributed by atoms with Crippen LogP contribution in [0.2, 0.25) is 5.02 Å². The molecule has 2 rings (SSSR count). The molecule has 112 valence electrons. The Morgan fingerprint density at radius 1 is 1.38 bits per heavy atom. The summed E-state index contributed by atoms with van der Waals surface area (Å²) < 4.78 is 5.46. The lowest BCUT2D eigenvalue weighted by Crippen LogP contribution is -2.26. The zero-order valence-corrected chi connectivity index (χ0v) is 12.4. The fourth-order valence-electron chi connectivity index (χ4n) is 1.82. The molecule has 0 aliphatic carbocycles. The first kappa shape index (κ1) is 15.4. The zero-order valence-electron chi connectivity index (χ0n) is 11.6. The summed E-state index contributed by atoms with van der Waals surface area (Å²) in [5.41, 5.74) is 0. The minimum absolute atomic E-state index is 0.0264. The monoisotopic (exact) mass is 307 g/mol. The van der Waals surface area contributed by atoms with Gasteiger partial charge in [0, 0.05) is 25.4 Å². The molecule has 0 fully saturated rings. The van der Waals surface area contributed by atoms with Gasteiger partial charge in [0.15, 0.2) is 0 Å². The van der Waals surface area contributed by atoms with E-state index >= 15 is 0 Å². The van der Waals surface area contributed by atoms with E-state index in [0.29, 0.717) is 30.3 Å². The molecule has 0 aliphatic rings. The fraction of sp³-hybridized carbons (Fsp3) is 0.333. The van der Waals surface area contributed by atoms with Crippen LogP contribution in [-0.2, 0) is 11.2 Å². The Morgan fingerprint density at radius 3 is 3.00 bits per heavy atom. The lowest BCUT2D eigenvalue weighted by atomic mass is 10.3. The number of para-hydroxylation sites is 1. The average molecular weight is 308 g/mol. The number of benzene rings is 1. The Balaban J connectivity index is 1.56. The summed E-state index contributed by atoms with van der Waals surface area (Å²) in [6.45, 7) is 0.944. The third-order valence-corrected chi connectivity index (χ3v) is 3.20. The van der Waals surface area contributed by atoms with Gasteiger partial charge in [-0.25, -0.2) is 4.98 Å². The number of nitrogens with one attached hydrogen (secondary N) is 2. The van der Waals surface area contributed by atoms with E-state index in [-0.39, 0.29) is 5.91 Å². The number of aryl methyl sites for hydroxylation is 1. The lowest BCUT2D eigenvalue weighted by Gasteiger charge is -2.08. The number of carbonyl (C=O) groups is 1. The van der Waals surface area contributed by atoms with Crippen molar-refractivity contribution in [2.75, 3.05) is 13.2 Å². The topological polar surface area (TPSA) is 67.0 Å². The lowest BCUT2D eigenvalue weighted by molar-refractivity contribution is -0.121. The van der Waals surface area contributed by atoms with Crippen LogP contribution in [0, 0.1) is 0 Å². The van der Waals surface area contributed by atoms with Crippen molar-refractivity contribution in [2.24, 2.45) is 0 Å². The number of nitrogens with zero attached hydrogens (tertiary/aromatic N) is 1. The van der Waals surface area contributed by atoms with Crippen LogP contribution in [0.3, 0.4) is 0 Å². The third-order valence-electron chi connectivity index (χ3n) is 2.89. The van der Waals surface area contributed by atoms with Crippen molar-refractivity contribution in [1.29, 1.82) is 0 Å². The molecule has 0 aliphatic heterocycles. The Hall–Kier alpha value is -2.01. The number of hydrogen-bond donors (Lipinski definition) is 2. The molecule has 0 atom stereocenters. The molecule has 21 heavy (non-hydrogen) atoms. The van der Waals surface area contributed by atoms with Gasteiger partial charge < -0.3 is 15.0 Å². The maximum atomic E-state index is 11.6. The van der Waals surface area contributed by atoms with Gasteiger partial charge in [-0.1, -0.05) is 23.7 Å². The van der Waals surface area contributed by atoms with Gasteiger partial charge in [0.2, 0.25) is 5.91 Å². The van der Waals surface area contributed by atoms with E-state index in [4.69, 9.17) is 16.3 Å². The van der Waals surface area contributed by atoms with Crippen LogP contribution in [-0.4, -0.2) is 29.0 Å². The van der Waals surface area contributed by atoms with Crippen molar-refractivity contribution < 1.29 is 9.53 Å². The quantitative estimate of drug-likeness (QED) is 0.737. The van der Waals surface area contributed by atoms with Crippen molar-refractivity contribution in [3.8, 4) is 5.75 Å². The van der Waals surface area contributed by atoms with Gasteiger partial charge in [0.1, 0.15) is 11.6 Å². The summed E-state index contributed by atoms with van der Waals surface area (Å²) in [6.07, 6.45) is 5.50. The number of amides is 1. The van der Waals surface area contributed by atoms with Gasteiger partial charge in [-0.3, -0.25) is 4.79 Å². The zero-order chi connectivity index (χ0) is 14.9. The van der Waals surface area contributed by atoms with Crippen molar-refractivity contribution in [2.45, 2.75) is 19.3 Å². The number of rotatable bonds is 8. The van der Waals surface area contributed by atoms with E-state index in [1.54, 1.807) is 24.5 Å². The van der Waals surface area contributed by atoms with Crippen LogP contribution in [0.15, 0.2) is 36.7 Å². The highest BCUT2D eigenvalue weighted by atomic mass is 35.5. The molecule has 0 unspecified atom stereocenters. The Kier molecular flexibility index (Phi) is 6.09. The molecule has 0 spiro atoms. The van der Waals surface area contributed by atoms with E-state index < -0.39 is 0 Å². The number of hydrogen-bond acceptors (Lipinski definition) is 3. The van der Waals surface area contributed by atoms with Crippen LogP contribution in [0.25, 0.3) is 0 Å². The minimum atomic E-state index is -0.0264. The molecule has 2 aromatic rings. The molecule has 1 aromatic heterocycles. The highest BCUT2D eigenvalue weighted by Gasteiger charge is 2.04. The van der Waals surface area contributed by atoms with Gasteiger partial charge in [-0.2, -0.15) is 0 Å². The number of imidazole rings is 1. The SMILES string of the molecule is O=C(CCOc1ccccc1Cl)NCCCc1ncc[nH]1. The maximum absolute atomic E-state index is 11.6. The highest BCUT2D eigenvalue weighted by molar-refractivity contribution is 6.32. The van der Waals surface area contributed by atoms with Gasteiger partial charge in [0.05, 0.1) is 18.1 Å². The number of halogens is 1. The molecular weight excluding hydrogens is 290 g/mol. The average Bonchev–Trinajstić information content (AvgIpc) is 2.99. The summed E-state index contributed by atoms with van der Waals surface area (Å²) in [7, 11) is 0. The standard InChI is InChI=1S/C15H18ClN3O2/c16-12-4-1-2-5-13(12)21-11-7-15(20)19-8-3-6-14-17-9-10-18-14/h1-2,4-5,9-10H,3,6-8,11H2,(H,17,18)(H,19,20). The van der Waals surface area contributed by atoms with E-state index in [9.17, 15) is 4.79 Å². The molecule has 2 N–H and O–H groups in total. The molecule has 0 radical (unpaired) electrons. The van der Waals surface area contributed by atoms with E-state index in [1.165, 1.54) is 0 Å². The molecule has 1 heterocycles. The molecule has 6 heteroatoms. The van der Waals surface area contributed by atoms with Crippen molar-refractivity contribution in [1.82, 2.24) is 15.3 Å². The van der Waals surface area contributed by atoms with Crippen molar-refractivity contribution >= 4 is 17.5 Å². The predicted molar refractivity (Wildman–Crippen MR) is 81.5 cm³/mol. The van der Waals surface area contributed by atoms with E-state index in [0.717, 1.165) is 18.7 Å². The molecule has 1 aromatic carbocycles. The Morgan fingerprint density at radius 2 is 2.24 bits per heavy atom. The second kappa shape index (κ2) is 8.32. The fourth-order valence-corrected chi connectivity index (χ4v) is 2.01. The number of H-pyrrole nitrogens is 1. The largest absolute Gasteiger partial charge is 0.491 e. The number of carbonyl (C=O) groups excluding carboxylic acids is 1. The van der Waals surface area contributed by atoms with Crippen molar-refractivity contribution in [3.05, 3.63) is 47.5 Å². The molecule has 0 bridgehead atoms. The van der Waals surface area contributed by atoms with Gasteiger partial charge in [-0.15, -0.1) is 0 Å². The first-order valence-electron chi connectivity index (χ1n) is 6.88. The summed E-state index contributed by atoms with van der Waals surface area (Å²) in [5, 5.41) is 3.40. The van der Waals surface area contributed by atoms with Gasteiger partial charge in [0.25, 0.3) is 0 Å². The number of aromatic amines is 1. The second-order valence-electron chi connectivity index (χ2n) is 4.52. The molecular formula is C15H18ClN3O2. The second-order valence-corrected chi connectivity index (χ2v) is 4.93.